The molecule has 1 rings (SSSR count). The predicted molar refractivity (Wildman–Crippen MR) is 43.5 cm³/mol. The molecule has 1 aromatic rings. The molecule has 0 aromatic heterocycles. The van der Waals surface area contributed by atoms with Crippen LogP contribution in [0.4, 0.5) is 8.78 Å². The first-order valence-electron chi connectivity index (χ1n) is 3.77. The number of hydrogen-bond donors (Lipinski definition) is 1. The van der Waals surface area contributed by atoms with E-state index in [-0.39, 0.29) is 11.3 Å². The summed E-state index contributed by atoms with van der Waals surface area (Å²) in [5.41, 5.74) is -0.0242. The van der Waals surface area contributed by atoms with Crippen molar-refractivity contribution in [1.82, 2.24) is 0 Å². The van der Waals surface area contributed by atoms with Gasteiger partial charge < -0.3 is 9.84 Å². The lowest BCUT2D eigenvalue weighted by Gasteiger charge is -2.11. The first kappa shape index (κ1) is 9.92. The van der Waals surface area contributed by atoms with Gasteiger partial charge in [-0.3, -0.25) is 0 Å². The van der Waals surface area contributed by atoms with Crippen LogP contribution in [0.15, 0.2) is 12.1 Å². The molecule has 0 saturated carbocycles. The van der Waals surface area contributed by atoms with Crippen molar-refractivity contribution in [1.29, 1.82) is 0 Å². The van der Waals surface area contributed by atoms with E-state index in [0.29, 0.717) is 6.07 Å². The van der Waals surface area contributed by atoms with Crippen LogP contribution >= 0.6 is 0 Å². The maximum atomic E-state index is 13.1. The number of benzene rings is 1. The molecule has 1 N–H and O–H groups in total. The average Bonchev–Trinajstić information content (AvgIpc) is 2.01. The van der Waals surface area contributed by atoms with Gasteiger partial charge in [0, 0.05) is 12.1 Å². The topological polar surface area (TPSA) is 29.5 Å². The lowest BCUT2D eigenvalue weighted by atomic mass is 10.1. The second kappa shape index (κ2) is 3.70. The van der Waals surface area contributed by atoms with Gasteiger partial charge in [0.1, 0.15) is 17.4 Å². The zero-order valence-corrected chi connectivity index (χ0v) is 7.34. The van der Waals surface area contributed by atoms with Crippen molar-refractivity contribution in [3.63, 3.8) is 0 Å². The summed E-state index contributed by atoms with van der Waals surface area (Å²) in [7, 11) is 1.29. The number of hydrogen-bond acceptors (Lipinski definition) is 2. The van der Waals surface area contributed by atoms with Gasteiger partial charge in [-0.1, -0.05) is 0 Å². The predicted octanol–water partition coefficient (Wildman–Crippen LogP) is 2.03. The van der Waals surface area contributed by atoms with Gasteiger partial charge in [-0.05, 0) is 6.92 Å². The number of halogens is 2. The Labute approximate surface area is 74.8 Å². The minimum absolute atomic E-state index is 0.0208. The molecule has 13 heavy (non-hydrogen) atoms. The van der Waals surface area contributed by atoms with E-state index >= 15 is 0 Å². The molecule has 0 aliphatic carbocycles. The normalized spacial score (nSPS) is 12.7. The number of aliphatic hydroxyl groups excluding tert-OH is 1. The SMILES string of the molecule is COc1cc(F)cc(F)c1[C@@H](C)O. The highest BCUT2D eigenvalue weighted by Crippen LogP contribution is 2.28. The number of ether oxygens (including phenoxy) is 1. The third kappa shape index (κ3) is 1.95. The number of aliphatic hydroxyl groups is 1. The van der Waals surface area contributed by atoms with E-state index in [1.165, 1.54) is 14.0 Å². The van der Waals surface area contributed by atoms with Crippen molar-refractivity contribution in [2.75, 3.05) is 7.11 Å². The summed E-state index contributed by atoms with van der Waals surface area (Å²) >= 11 is 0. The molecule has 0 saturated heterocycles. The molecular formula is C9H10F2O2. The van der Waals surface area contributed by atoms with Crippen LogP contribution in [0, 0.1) is 11.6 Å². The molecule has 1 atom stereocenters. The van der Waals surface area contributed by atoms with E-state index in [2.05, 4.69) is 0 Å². The van der Waals surface area contributed by atoms with Crippen LogP contribution in [0.1, 0.15) is 18.6 Å². The molecule has 0 amide bonds. The quantitative estimate of drug-likeness (QED) is 0.769. The van der Waals surface area contributed by atoms with Crippen LogP contribution in [0.2, 0.25) is 0 Å². The van der Waals surface area contributed by atoms with Gasteiger partial charge in [-0.15, -0.1) is 0 Å². The first-order valence-corrected chi connectivity index (χ1v) is 3.77. The van der Waals surface area contributed by atoms with Crippen LogP contribution in [-0.2, 0) is 0 Å². The highest BCUT2D eigenvalue weighted by molar-refractivity contribution is 5.36. The molecule has 0 spiro atoms. The molecule has 1 aromatic carbocycles. The average molecular weight is 188 g/mol. The molecule has 0 heterocycles. The molecule has 0 bridgehead atoms. The van der Waals surface area contributed by atoms with Crippen molar-refractivity contribution in [2.45, 2.75) is 13.0 Å². The maximum absolute atomic E-state index is 13.1. The Morgan fingerprint density at radius 2 is 2.00 bits per heavy atom. The van der Waals surface area contributed by atoms with E-state index in [0.717, 1.165) is 6.07 Å². The summed E-state index contributed by atoms with van der Waals surface area (Å²) in [5.74, 6) is -1.50. The zero-order valence-electron chi connectivity index (χ0n) is 7.34. The fraction of sp³-hybridized carbons (Fsp3) is 0.333. The molecule has 2 nitrogen and oxygen atoms in total. The smallest absolute Gasteiger partial charge is 0.135 e. The minimum atomic E-state index is -1.02. The van der Waals surface area contributed by atoms with Crippen LogP contribution in [0.5, 0.6) is 5.75 Å². The molecule has 0 aliphatic heterocycles. The highest BCUT2D eigenvalue weighted by atomic mass is 19.1. The summed E-state index contributed by atoms with van der Waals surface area (Å²) in [5, 5.41) is 9.16. The van der Waals surface area contributed by atoms with Gasteiger partial charge in [0.05, 0.1) is 18.8 Å². The van der Waals surface area contributed by atoms with Gasteiger partial charge in [0.15, 0.2) is 0 Å². The van der Waals surface area contributed by atoms with E-state index in [4.69, 9.17) is 9.84 Å². The Balaban J connectivity index is 3.30. The maximum Gasteiger partial charge on any atom is 0.135 e. The van der Waals surface area contributed by atoms with Crippen LogP contribution < -0.4 is 4.74 Å². The molecule has 72 valence electrons. The standard InChI is InChI=1S/C9H10F2O2/c1-5(12)9-7(11)3-6(10)4-8(9)13-2/h3-5,12H,1-2H3/t5-/m1/s1. The van der Waals surface area contributed by atoms with E-state index in [9.17, 15) is 8.78 Å². The Kier molecular flexibility index (Phi) is 2.83. The third-order valence-corrected chi connectivity index (χ3v) is 1.69. The minimum Gasteiger partial charge on any atom is -0.496 e. The Hall–Kier alpha value is -1.16. The molecule has 4 heteroatoms. The van der Waals surface area contributed by atoms with Gasteiger partial charge >= 0.3 is 0 Å². The fourth-order valence-corrected chi connectivity index (χ4v) is 1.14. The number of methoxy groups -OCH3 is 1. The zero-order chi connectivity index (χ0) is 10.0. The molecule has 0 unspecified atom stereocenters. The lowest BCUT2D eigenvalue weighted by Crippen LogP contribution is -2.01. The summed E-state index contributed by atoms with van der Waals surface area (Å²) in [6.07, 6.45) is -1.02. The molecule has 0 fully saturated rings. The van der Waals surface area contributed by atoms with E-state index in [1.807, 2.05) is 0 Å². The van der Waals surface area contributed by atoms with Crippen molar-refractivity contribution < 1.29 is 18.6 Å². The van der Waals surface area contributed by atoms with Crippen molar-refractivity contribution in [3.05, 3.63) is 29.3 Å². The van der Waals surface area contributed by atoms with Crippen molar-refractivity contribution >= 4 is 0 Å². The summed E-state index contributed by atoms with van der Waals surface area (Å²) in [4.78, 5) is 0. The van der Waals surface area contributed by atoms with Gasteiger partial charge in [-0.2, -0.15) is 0 Å². The Bertz CT molecular complexity index is 311. The Morgan fingerprint density at radius 3 is 2.46 bits per heavy atom. The summed E-state index contributed by atoms with van der Waals surface area (Å²) < 4.78 is 30.5. The molecular weight excluding hydrogens is 178 g/mol. The van der Waals surface area contributed by atoms with E-state index in [1.54, 1.807) is 0 Å². The lowest BCUT2D eigenvalue weighted by molar-refractivity contribution is 0.188. The van der Waals surface area contributed by atoms with Crippen LogP contribution in [0.25, 0.3) is 0 Å². The molecule has 0 radical (unpaired) electrons. The second-order valence-corrected chi connectivity index (χ2v) is 2.68. The van der Waals surface area contributed by atoms with Gasteiger partial charge in [0.2, 0.25) is 0 Å². The fourth-order valence-electron chi connectivity index (χ4n) is 1.14. The van der Waals surface area contributed by atoms with Crippen LogP contribution in [-0.4, -0.2) is 12.2 Å². The van der Waals surface area contributed by atoms with Crippen LogP contribution in [0.3, 0.4) is 0 Å². The largest absolute Gasteiger partial charge is 0.496 e. The Morgan fingerprint density at radius 1 is 1.38 bits per heavy atom. The third-order valence-electron chi connectivity index (χ3n) is 1.69. The summed E-state index contributed by atoms with van der Waals surface area (Å²) in [6.45, 7) is 1.39. The van der Waals surface area contributed by atoms with Crippen molar-refractivity contribution in [2.24, 2.45) is 0 Å². The first-order chi connectivity index (χ1) is 6.06. The highest BCUT2D eigenvalue weighted by Gasteiger charge is 2.15. The summed E-state index contributed by atoms with van der Waals surface area (Å²) in [6, 6.07) is 1.75. The van der Waals surface area contributed by atoms with E-state index < -0.39 is 17.7 Å². The van der Waals surface area contributed by atoms with Crippen molar-refractivity contribution in [3.8, 4) is 5.75 Å². The monoisotopic (exact) mass is 188 g/mol. The number of rotatable bonds is 2. The van der Waals surface area contributed by atoms with Gasteiger partial charge in [0.25, 0.3) is 0 Å². The molecule has 0 aliphatic rings. The second-order valence-electron chi connectivity index (χ2n) is 2.68. The van der Waals surface area contributed by atoms with Gasteiger partial charge in [-0.25, -0.2) is 8.78 Å².